The highest BCUT2D eigenvalue weighted by Crippen LogP contribution is 2.23. The molecule has 0 bridgehead atoms. The fraction of sp³-hybridized carbons (Fsp3) is 0.667. The SMILES string of the molecule is CCC(C)[C@@H](CNC(=O)OC(C)(C)C)Nc1nc(Cl)ncc1Br. The predicted molar refractivity (Wildman–Crippen MR) is 95.8 cm³/mol. The second kappa shape index (κ2) is 8.68. The third-order valence-corrected chi connectivity index (χ3v) is 4.00. The second-order valence-corrected chi connectivity index (χ2v) is 7.55. The topological polar surface area (TPSA) is 76.1 Å². The van der Waals surface area contributed by atoms with Gasteiger partial charge >= 0.3 is 6.09 Å². The maximum absolute atomic E-state index is 11.8. The van der Waals surface area contributed by atoms with Gasteiger partial charge in [-0.1, -0.05) is 20.3 Å². The van der Waals surface area contributed by atoms with Gasteiger partial charge in [0.05, 0.1) is 4.47 Å². The number of halogens is 2. The molecule has 1 aromatic heterocycles. The summed E-state index contributed by atoms with van der Waals surface area (Å²) in [5.74, 6) is 0.909. The summed E-state index contributed by atoms with van der Waals surface area (Å²) in [6.45, 7) is 10.1. The van der Waals surface area contributed by atoms with Crippen molar-refractivity contribution in [1.82, 2.24) is 15.3 Å². The summed E-state index contributed by atoms with van der Waals surface area (Å²) < 4.78 is 5.98. The van der Waals surface area contributed by atoms with Gasteiger partial charge in [0.1, 0.15) is 11.4 Å². The fourth-order valence-electron chi connectivity index (χ4n) is 1.81. The van der Waals surface area contributed by atoms with E-state index in [9.17, 15) is 4.79 Å². The third kappa shape index (κ3) is 7.35. The first kappa shape index (κ1) is 20.0. The lowest BCUT2D eigenvalue weighted by atomic mass is 9.99. The molecule has 1 heterocycles. The molecule has 1 rings (SSSR count). The molecule has 1 amide bonds. The van der Waals surface area contributed by atoms with Crippen LogP contribution in [0.2, 0.25) is 5.28 Å². The molecule has 2 N–H and O–H groups in total. The maximum atomic E-state index is 11.8. The molecule has 0 spiro atoms. The van der Waals surface area contributed by atoms with Crippen LogP contribution in [-0.4, -0.2) is 34.2 Å². The first-order valence-electron chi connectivity index (χ1n) is 7.53. The van der Waals surface area contributed by atoms with Crippen molar-refractivity contribution in [2.45, 2.75) is 52.7 Å². The van der Waals surface area contributed by atoms with Gasteiger partial charge in [-0.2, -0.15) is 4.98 Å². The van der Waals surface area contributed by atoms with Crippen LogP contribution >= 0.6 is 27.5 Å². The zero-order valence-corrected chi connectivity index (χ0v) is 16.5. The molecule has 0 aliphatic rings. The molecule has 23 heavy (non-hydrogen) atoms. The quantitative estimate of drug-likeness (QED) is 0.690. The molecule has 0 aliphatic heterocycles. The average Bonchev–Trinajstić information content (AvgIpc) is 2.44. The highest BCUT2D eigenvalue weighted by atomic mass is 79.9. The van der Waals surface area contributed by atoms with Crippen molar-refractivity contribution >= 4 is 39.4 Å². The molecule has 6 nitrogen and oxygen atoms in total. The van der Waals surface area contributed by atoms with Crippen molar-refractivity contribution in [1.29, 1.82) is 0 Å². The molecule has 0 saturated carbocycles. The Balaban J connectivity index is 2.73. The number of carbonyl (C=O) groups is 1. The molecule has 0 aliphatic carbocycles. The largest absolute Gasteiger partial charge is 0.444 e. The minimum Gasteiger partial charge on any atom is -0.444 e. The monoisotopic (exact) mass is 406 g/mol. The van der Waals surface area contributed by atoms with Gasteiger partial charge in [0.2, 0.25) is 5.28 Å². The van der Waals surface area contributed by atoms with E-state index in [-0.39, 0.29) is 11.3 Å². The van der Waals surface area contributed by atoms with Crippen LogP contribution in [0.15, 0.2) is 10.7 Å². The number of carbonyl (C=O) groups excluding carboxylic acids is 1. The number of alkyl carbamates (subject to hydrolysis) is 1. The van der Waals surface area contributed by atoms with E-state index in [4.69, 9.17) is 16.3 Å². The molecule has 1 unspecified atom stereocenters. The number of amides is 1. The fourth-order valence-corrected chi connectivity index (χ4v) is 2.25. The summed E-state index contributed by atoms with van der Waals surface area (Å²) in [7, 11) is 0. The van der Waals surface area contributed by atoms with E-state index in [1.54, 1.807) is 6.20 Å². The summed E-state index contributed by atoms with van der Waals surface area (Å²) >= 11 is 9.23. The van der Waals surface area contributed by atoms with Crippen LogP contribution in [0.3, 0.4) is 0 Å². The lowest BCUT2D eigenvalue weighted by Crippen LogP contribution is -2.42. The van der Waals surface area contributed by atoms with Crippen molar-refractivity contribution in [3.05, 3.63) is 16.0 Å². The zero-order valence-electron chi connectivity index (χ0n) is 14.1. The Morgan fingerprint density at radius 2 is 2.13 bits per heavy atom. The number of rotatable bonds is 6. The number of hydrogen-bond acceptors (Lipinski definition) is 5. The van der Waals surface area contributed by atoms with E-state index in [0.717, 1.165) is 6.42 Å². The summed E-state index contributed by atoms with van der Waals surface area (Å²) in [5, 5.41) is 6.26. The van der Waals surface area contributed by atoms with E-state index in [1.807, 2.05) is 20.8 Å². The lowest BCUT2D eigenvalue weighted by Gasteiger charge is -2.26. The van der Waals surface area contributed by atoms with Crippen LogP contribution in [-0.2, 0) is 4.74 Å². The Bertz CT molecular complexity index is 537. The summed E-state index contributed by atoms with van der Waals surface area (Å²) in [6.07, 6.45) is 2.10. The summed E-state index contributed by atoms with van der Waals surface area (Å²) in [4.78, 5) is 19.9. The van der Waals surface area contributed by atoms with Gasteiger partial charge in [0.25, 0.3) is 0 Å². The number of hydrogen-bond donors (Lipinski definition) is 2. The van der Waals surface area contributed by atoms with E-state index in [2.05, 4.69) is 50.4 Å². The van der Waals surface area contributed by atoms with Gasteiger partial charge in [-0.15, -0.1) is 0 Å². The van der Waals surface area contributed by atoms with E-state index < -0.39 is 11.7 Å². The highest BCUT2D eigenvalue weighted by molar-refractivity contribution is 9.10. The molecule has 8 heteroatoms. The Kier molecular flexibility index (Phi) is 7.54. The van der Waals surface area contributed by atoms with Crippen LogP contribution in [0.5, 0.6) is 0 Å². The Morgan fingerprint density at radius 1 is 1.48 bits per heavy atom. The zero-order chi connectivity index (χ0) is 17.6. The third-order valence-electron chi connectivity index (χ3n) is 3.23. The van der Waals surface area contributed by atoms with Crippen LogP contribution in [0.1, 0.15) is 41.0 Å². The number of anilines is 1. The minimum absolute atomic E-state index is 0.0187. The Hall–Kier alpha value is -1.08. The molecule has 0 fully saturated rings. The standard InChI is InChI=1S/C15H24BrClN4O2/c1-6-9(2)11(8-19-14(22)23-15(3,4)5)20-12-10(16)7-18-13(17)21-12/h7,9,11H,6,8H2,1-5H3,(H,19,22)(H,18,20,21)/t9?,11-/m1/s1. The normalized spacial score (nSPS) is 14.0. The van der Waals surface area contributed by atoms with Crippen molar-refractivity contribution in [3.8, 4) is 0 Å². The molecule has 0 saturated heterocycles. The molecule has 130 valence electrons. The van der Waals surface area contributed by atoms with Crippen LogP contribution < -0.4 is 10.6 Å². The number of aromatic nitrogens is 2. The molecule has 1 aromatic rings. The molecule has 0 radical (unpaired) electrons. The van der Waals surface area contributed by atoms with E-state index in [1.165, 1.54) is 0 Å². The van der Waals surface area contributed by atoms with Crippen LogP contribution in [0.4, 0.5) is 10.6 Å². The van der Waals surface area contributed by atoms with Gasteiger partial charge in [0, 0.05) is 18.8 Å². The first-order valence-corrected chi connectivity index (χ1v) is 8.71. The summed E-state index contributed by atoms with van der Waals surface area (Å²) in [5.41, 5.74) is -0.521. The van der Waals surface area contributed by atoms with E-state index in [0.29, 0.717) is 22.8 Å². The van der Waals surface area contributed by atoms with Crippen molar-refractivity contribution < 1.29 is 9.53 Å². The lowest BCUT2D eigenvalue weighted by molar-refractivity contribution is 0.0523. The van der Waals surface area contributed by atoms with Gasteiger partial charge in [-0.3, -0.25) is 0 Å². The van der Waals surface area contributed by atoms with Gasteiger partial charge in [-0.05, 0) is 54.2 Å². The minimum atomic E-state index is -0.521. The van der Waals surface area contributed by atoms with Crippen LogP contribution in [0.25, 0.3) is 0 Å². The Morgan fingerprint density at radius 3 is 2.70 bits per heavy atom. The Labute approximate surface area is 150 Å². The predicted octanol–water partition coefficient (Wildman–Crippen LogP) is 4.24. The molecule has 0 aromatic carbocycles. The molecule has 2 atom stereocenters. The number of nitrogens with one attached hydrogen (secondary N) is 2. The first-order chi connectivity index (χ1) is 10.6. The smallest absolute Gasteiger partial charge is 0.407 e. The maximum Gasteiger partial charge on any atom is 0.407 e. The average molecular weight is 408 g/mol. The van der Waals surface area contributed by atoms with Gasteiger partial charge in [0.15, 0.2) is 0 Å². The molecular formula is C15H24BrClN4O2. The van der Waals surface area contributed by atoms with Gasteiger partial charge < -0.3 is 15.4 Å². The van der Waals surface area contributed by atoms with E-state index >= 15 is 0 Å². The summed E-state index contributed by atoms with van der Waals surface area (Å²) in [6, 6.07) is -0.0187. The number of nitrogens with zero attached hydrogens (tertiary/aromatic N) is 2. The van der Waals surface area contributed by atoms with Crippen molar-refractivity contribution in [3.63, 3.8) is 0 Å². The highest BCUT2D eigenvalue weighted by Gasteiger charge is 2.21. The van der Waals surface area contributed by atoms with Crippen LogP contribution in [0, 0.1) is 5.92 Å². The number of ether oxygens (including phenoxy) is 1. The van der Waals surface area contributed by atoms with Crippen molar-refractivity contribution in [2.24, 2.45) is 5.92 Å². The van der Waals surface area contributed by atoms with Crippen molar-refractivity contribution in [2.75, 3.05) is 11.9 Å². The molecular weight excluding hydrogens is 384 g/mol. The second-order valence-electron chi connectivity index (χ2n) is 6.35. The van der Waals surface area contributed by atoms with Gasteiger partial charge in [-0.25, -0.2) is 9.78 Å².